The highest BCUT2D eigenvalue weighted by Gasteiger charge is 2.16. The largest absolute Gasteiger partial charge is 0.480 e. The molecule has 0 aliphatic heterocycles. The first-order valence-electron chi connectivity index (χ1n) is 5.57. The van der Waals surface area contributed by atoms with Crippen LogP contribution < -0.4 is 5.32 Å². The molecule has 1 unspecified atom stereocenters. The first-order valence-corrected chi connectivity index (χ1v) is 5.57. The first kappa shape index (κ1) is 14.9. The Morgan fingerprint density at radius 1 is 1.38 bits per heavy atom. The van der Waals surface area contributed by atoms with Crippen molar-refractivity contribution < 1.29 is 19.4 Å². The van der Waals surface area contributed by atoms with E-state index < -0.39 is 12.0 Å². The van der Waals surface area contributed by atoms with Crippen molar-refractivity contribution >= 4 is 11.9 Å². The lowest BCUT2D eigenvalue weighted by Gasteiger charge is -2.12. The van der Waals surface area contributed by atoms with Gasteiger partial charge in [0.05, 0.1) is 6.61 Å². The fraction of sp³-hybridized carbons (Fsp3) is 0.818. The number of hydrogen-bond acceptors (Lipinski definition) is 3. The summed E-state index contributed by atoms with van der Waals surface area (Å²) in [4.78, 5) is 21.9. The minimum absolute atomic E-state index is 0.205. The minimum Gasteiger partial charge on any atom is -0.480 e. The smallest absolute Gasteiger partial charge is 0.326 e. The van der Waals surface area contributed by atoms with Crippen molar-refractivity contribution in [2.75, 3.05) is 13.2 Å². The van der Waals surface area contributed by atoms with Crippen molar-refractivity contribution in [1.29, 1.82) is 0 Å². The zero-order chi connectivity index (χ0) is 12.6. The van der Waals surface area contributed by atoms with Crippen molar-refractivity contribution in [3.8, 4) is 0 Å². The van der Waals surface area contributed by atoms with Crippen molar-refractivity contribution in [2.24, 2.45) is 5.92 Å². The molecule has 0 saturated heterocycles. The SMILES string of the molecule is CCC(NC(=O)CCOCC(C)C)C(=O)O. The van der Waals surface area contributed by atoms with Gasteiger partial charge in [-0.1, -0.05) is 20.8 Å². The fourth-order valence-electron chi connectivity index (χ4n) is 1.09. The first-order chi connectivity index (χ1) is 7.47. The maximum Gasteiger partial charge on any atom is 0.326 e. The third-order valence-corrected chi connectivity index (χ3v) is 1.97. The summed E-state index contributed by atoms with van der Waals surface area (Å²) in [6.45, 7) is 6.72. The molecule has 0 radical (unpaired) electrons. The van der Waals surface area contributed by atoms with Gasteiger partial charge >= 0.3 is 5.97 Å². The van der Waals surface area contributed by atoms with Crippen molar-refractivity contribution in [2.45, 2.75) is 39.7 Å². The molecule has 0 rings (SSSR count). The number of rotatable bonds is 8. The predicted molar refractivity (Wildman–Crippen MR) is 60.1 cm³/mol. The topological polar surface area (TPSA) is 75.6 Å². The Morgan fingerprint density at radius 3 is 2.44 bits per heavy atom. The molecule has 5 heteroatoms. The quantitative estimate of drug-likeness (QED) is 0.612. The zero-order valence-electron chi connectivity index (χ0n) is 10.2. The molecular weight excluding hydrogens is 210 g/mol. The number of hydrogen-bond donors (Lipinski definition) is 2. The number of amides is 1. The molecule has 16 heavy (non-hydrogen) atoms. The minimum atomic E-state index is -1.00. The molecule has 0 bridgehead atoms. The van der Waals surface area contributed by atoms with E-state index in [1.54, 1.807) is 6.92 Å². The summed E-state index contributed by atoms with van der Waals surface area (Å²) < 4.78 is 5.23. The Bertz CT molecular complexity index is 228. The molecule has 0 fully saturated rings. The van der Waals surface area contributed by atoms with Gasteiger partial charge in [-0.05, 0) is 12.3 Å². The maximum absolute atomic E-state index is 11.3. The molecule has 0 aromatic rings. The summed E-state index contributed by atoms with van der Waals surface area (Å²) >= 11 is 0. The van der Waals surface area contributed by atoms with E-state index in [-0.39, 0.29) is 12.3 Å². The lowest BCUT2D eigenvalue weighted by Crippen LogP contribution is -2.40. The van der Waals surface area contributed by atoms with Gasteiger partial charge in [0.15, 0.2) is 0 Å². The van der Waals surface area contributed by atoms with Crippen LogP contribution in [0, 0.1) is 5.92 Å². The van der Waals surface area contributed by atoms with Crippen molar-refractivity contribution in [1.82, 2.24) is 5.32 Å². The van der Waals surface area contributed by atoms with Crippen LogP contribution in [0.3, 0.4) is 0 Å². The zero-order valence-corrected chi connectivity index (χ0v) is 10.2. The second-order valence-corrected chi connectivity index (χ2v) is 4.09. The van der Waals surface area contributed by atoms with E-state index in [1.165, 1.54) is 0 Å². The molecule has 0 aromatic carbocycles. The summed E-state index contributed by atoms with van der Waals surface area (Å²) in [5.74, 6) is -0.845. The number of aliphatic carboxylic acids is 1. The van der Waals surface area contributed by atoms with Crippen LogP contribution in [-0.4, -0.2) is 36.2 Å². The van der Waals surface area contributed by atoms with Gasteiger partial charge in [-0.15, -0.1) is 0 Å². The van der Waals surface area contributed by atoms with Gasteiger partial charge in [0.2, 0.25) is 5.91 Å². The van der Waals surface area contributed by atoms with Gasteiger partial charge in [-0.25, -0.2) is 4.79 Å². The second kappa shape index (κ2) is 8.10. The summed E-state index contributed by atoms with van der Waals surface area (Å²) in [7, 11) is 0. The standard InChI is InChI=1S/C11H21NO4/c1-4-9(11(14)15)12-10(13)5-6-16-7-8(2)3/h8-9H,4-7H2,1-3H3,(H,12,13)(H,14,15). The fourth-order valence-corrected chi connectivity index (χ4v) is 1.09. The number of carbonyl (C=O) groups excluding carboxylic acids is 1. The molecule has 1 amide bonds. The van der Waals surface area contributed by atoms with E-state index in [4.69, 9.17) is 9.84 Å². The van der Waals surface area contributed by atoms with E-state index in [2.05, 4.69) is 5.32 Å². The molecule has 0 aromatic heterocycles. The monoisotopic (exact) mass is 231 g/mol. The summed E-state index contributed by atoms with van der Waals surface area (Å²) in [6.07, 6.45) is 0.588. The Labute approximate surface area is 96.2 Å². The van der Waals surface area contributed by atoms with E-state index in [0.717, 1.165) is 0 Å². The average molecular weight is 231 g/mol. The molecule has 0 spiro atoms. The normalized spacial score (nSPS) is 12.5. The van der Waals surface area contributed by atoms with Gasteiger partial charge in [-0.3, -0.25) is 4.79 Å². The van der Waals surface area contributed by atoms with Gasteiger partial charge in [0.25, 0.3) is 0 Å². The predicted octanol–water partition coefficient (Wildman–Crippen LogP) is 1.03. The highest BCUT2D eigenvalue weighted by Crippen LogP contribution is 1.95. The average Bonchev–Trinajstić information content (AvgIpc) is 2.20. The molecule has 0 aliphatic rings. The van der Waals surface area contributed by atoms with Crippen LogP contribution in [0.15, 0.2) is 0 Å². The Hall–Kier alpha value is -1.10. The molecule has 0 heterocycles. The summed E-state index contributed by atoms with van der Waals surface area (Å²) in [5.41, 5.74) is 0. The summed E-state index contributed by atoms with van der Waals surface area (Å²) in [5, 5.41) is 11.2. The van der Waals surface area contributed by atoms with Crippen LogP contribution in [0.1, 0.15) is 33.6 Å². The third-order valence-electron chi connectivity index (χ3n) is 1.97. The van der Waals surface area contributed by atoms with E-state index in [0.29, 0.717) is 25.6 Å². The summed E-state index contributed by atoms with van der Waals surface area (Å²) in [6, 6.07) is -0.794. The van der Waals surface area contributed by atoms with Gasteiger partial charge in [0.1, 0.15) is 6.04 Å². The third kappa shape index (κ3) is 7.23. The number of carboxylic acids is 1. The maximum atomic E-state index is 11.3. The van der Waals surface area contributed by atoms with Crippen molar-refractivity contribution in [3.63, 3.8) is 0 Å². The lowest BCUT2D eigenvalue weighted by atomic mass is 10.2. The molecule has 5 nitrogen and oxygen atoms in total. The Kier molecular flexibility index (Phi) is 7.54. The van der Waals surface area contributed by atoms with Gasteiger partial charge in [-0.2, -0.15) is 0 Å². The molecule has 0 aliphatic carbocycles. The van der Waals surface area contributed by atoms with Crippen LogP contribution in [0.25, 0.3) is 0 Å². The van der Waals surface area contributed by atoms with Gasteiger partial charge in [0, 0.05) is 13.0 Å². The van der Waals surface area contributed by atoms with Crippen LogP contribution in [0.4, 0.5) is 0 Å². The molecule has 94 valence electrons. The Balaban J connectivity index is 3.69. The number of carbonyl (C=O) groups is 2. The number of ether oxygens (including phenoxy) is 1. The van der Waals surface area contributed by atoms with Crippen LogP contribution in [-0.2, 0) is 14.3 Å². The van der Waals surface area contributed by atoms with E-state index in [1.807, 2.05) is 13.8 Å². The molecule has 0 saturated carbocycles. The van der Waals surface area contributed by atoms with E-state index in [9.17, 15) is 9.59 Å². The lowest BCUT2D eigenvalue weighted by molar-refractivity contribution is -0.142. The van der Waals surface area contributed by atoms with Crippen molar-refractivity contribution in [3.05, 3.63) is 0 Å². The number of nitrogens with one attached hydrogen (secondary N) is 1. The number of carboxylic acid groups (broad SMARTS) is 1. The van der Waals surface area contributed by atoms with Crippen LogP contribution >= 0.6 is 0 Å². The molecular formula is C11H21NO4. The van der Waals surface area contributed by atoms with E-state index >= 15 is 0 Å². The molecule has 1 atom stereocenters. The van der Waals surface area contributed by atoms with Crippen LogP contribution in [0.5, 0.6) is 0 Å². The highest BCUT2D eigenvalue weighted by atomic mass is 16.5. The van der Waals surface area contributed by atoms with Crippen LogP contribution in [0.2, 0.25) is 0 Å². The molecule has 2 N–H and O–H groups in total. The second-order valence-electron chi connectivity index (χ2n) is 4.09. The highest BCUT2D eigenvalue weighted by molar-refractivity contribution is 5.83. The van der Waals surface area contributed by atoms with Gasteiger partial charge < -0.3 is 15.2 Å². The Morgan fingerprint density at radius 2 is 2.00 bits per heavy atom.